The first-order chi connectivity index (χ1) is 13.8. The molecule has 0 saturated carbocycles. The van der Waals surface area contributed by atoms with Crippen molar-refractivity contribution in [2.24, 2.45) is 5.10 Å². The number of carbonyl (C=O) groups excluding carboxylic acids is 1. The Labute approximate surface area is 165 Å². The number of aryl methyl sites for hydroxylation is 1. The van der Waals surface area contributed by atoms with Crippen LogP contribution in [0, 0.1) is 13.8 Å². The molecule has 1 heterocycles. The average Bonchev–Trinajstić information content (AvgIpc) is 2.95. The van der Waals surface area contributed by atoms with E-state index in [0.29, 0.717) is 22.6 Å². The summed E-state index contributed by atoms with van der Waals surface area (Å²) < 4.78 is 40.7. The first-order valence-corrected chi connectivity index (χ1v) is 8.77. The molecule has 2 N–H and O–H groups in total. The lowest BCUT2D eigenvalue weighted by Crippen LogP contribution is -2.24. The van der Waals surface area contributed by atoms with Crippen molar-refractivity contribution in [3.8, 4) is 5.69 Å². The zero-order chi connectivity index (χ0) is 21.0. The molecule has 0 spiro atoms. The molecule has 0 bridgehead atoms. The van der Waals surface area contributed by atoms with Gasteiger partial charge in [0.15, 0.2) is 0 Å². The maximum atomic E-state index is 13.0. The van der Waals surface area contributed by atoms with E-state index in [1.165, 1.54) is 12.3 Å². The molecule has 3 rings (SSSR count). The number of nitrogens with one attached hydrogen (secondary N) is 2. The molecule has 0 unspecified atom stereocenters. The number of benzene rings is 2. The summed E-state index contributed by atoms with van der Waals surface area (Å²) in [4.78, 5) is 11.9. The highest BCUT2D eigenvalue weighted by molar-refractivity contribution is 5.90. The van der Waals surface area contributed by atoms with Gasteiger partial charge < -0.3 is 9.88 Å². The molecule has 2 amide bonds. The minimum absolute atomic E-state index is 0.407. The fourth-order valence-electron chi connectivity index (χ4n) is 2.98. The van der Waals surface area contributed by atoms with Gasteiger partial charge in [-0.2, -0.15) is 18.3 Å². The smallest absolute Gasteiger partial charge is 0.318 e. The number of amides is 2. The van der Waals surface area contributed by atoms with Gasteiger partial charge in [-0.25, -0.2) is 10.2 Å². The second kappa shape index (κ2) is 8.22. The van der Waals surface area contributed by atoms with E-state index in [2.05, 4.69) is 15.8 Å². The summed E-state index contributed by atoms with van der Waals surface area (Å²) >= 11 is 0. The Kier molecular flexibility index (Phi) is 5.72. The van der Waals surface area contributed by atoms with Gasteiger partial charge in [0, 0.05) is 28.3 Å². The number of aromatic nitrogens is 1. The van der Waals surface area contributed by atoms with Crippen LogP contribution in [0.1, 0.15) is 22.5 Å². The van der Waals surface area contributed by atoms with Crippen LogP contribution in [0.25, 0.3) is 5.69 Å². The molecule has 0 radical (unpaired) electrons. The van der Waals surface area contributed by atoms with Crippen molar-refractivity contribution in [2.45, 2.75) is 20.0 Å². The summed E-state index contributed by atoms with van der Waals surface area (Å²) in [6.07, 6.45) is -2.96. The predicted octanol–water partition coefficient (Wildman–Crippen LogP) is 5.27. The van der Waals surface area contributed by atoms with Gasteiger partial charge in [0.2, 0.25) is 0 Å². The van der Waals surface area contributed by atoms with Crippen LogP contribution in [0.5, 0.6) is 0 Å². The van der Waals surface area contributed by atoms with E-state index in [1.807, 2.05) is 6.07 Å². The lowest BCUT2D eigenvalue weighted by molar-refractivity contribution is -0.137. The monoisotopic (exact) mass is 400 g/mol. The third-order valence-electron chi connectivity index (χ3n) is 4.30. The first-order valence-electron chi connectivity index (χ1n) is 8.77. The van der Waals surface area contributed by atoms with Crippen LogP contribution in [0.3, 0.4) is 0 Å². The Hall–Kier alpha value is -3.55. The Morgan fingerprint density at radius 3 is 2.45 bits per heavy atom. The van der Waals surface area contributed by atoms with Crippen LogP contribution >= 0.6 is 0 Å². The van der Waals surface area contributed by atoms with Crippen molar-refractivity contribution in [3.63, 3.8) is 0 Å². The Morgan fingerprint density at radius 2 is 1.76 bits per heavy atom. The first kappa shape index (κ1) is 20.2. The van der Waals surface area contributed by atoms with E-state index in [4.69, 9.17) is 0 Å². The highest BCUT2D eigenvalue weighted by Gasteiger charge is 2.30. The molecular formula is C21H19F3N4O. The van der Waals surface area contributed by atoms with Crippen LogP contribution in [-0.2, 0) is 6.18 Å². The number of para-hydroxylation sites is 1. The molecule has 0 aliphatic heterocycles. The highest BCUT2D eigenvalue weighted by atomic mass is 19.4. The standard InChI is InChI=1S/C21H19F3N4O/c1-14-11-16(13-25-27-20(29)26-18-8-4-3-5-9-18)15(2)28(14)19-10-6-7-17(12-19)21(22,23)24/h3-13H,1-2H3,(H2,26,27,29)/b25-13+. The van der Waals surface area contributed by atoms with Crippen LogP contribution in [0.15, 0.2) is 65.8 Å². The summed E-state index contributed by atoms with van der Waals surface area (Å²) in [6, 6.07) is 15.3. The lowest BCUT2D eigenvalue weighted by Gasteiger charge is -2.13. The molecule has 5 nitrogen and oxygen atoms in total. The largest absolute Gasteiger partial charge is 0.416 e. The number of hydrogen-bond acceptors (Lipinski definition) is 2. The van der Waals surface area contributed by atoms with E-state index in [1.54, 1.807) is 54.8 Å². The second-order valence-electron chi connectivity index (χ2n) is 6.40. The number of hydrogen-bond donors (Lipinski definition) is 2. The third-order valence-corrected chi connectivity index (χ3v) is 4.30. The molecule has 0 aliphatic carbocycles. The number of anilines is 1. The van der Waals surface area contributed by atoms with Crippen LogP contribution in [0.4, 0.5) is 23.7 Å². The molecule has 0 saturated heterocycles. The number of hydrazone groups is 1. The van der Waals surface area contributed by atoms with E-state index in [0.717, 1.165) is 17.8 Å². The van der Waals surface area contributed by atoms with Gasteiger partial charge in [-0.15, -0.1) is 0 Å². The van der Waals surface area contributed by atoms with Crippen molar-refractivity contribution < 1.29 is 18.0 Å². The SMILES string of the molecule is Cc1cc(/C=N/NC(=O)Nc2ccccc2)c(C)n1-c1cccc(C(F)(F)F)c1. The number of rotatable bonds is 4. The molecule has 3 aromatic rings. The summed E-state index contributed by atoms with van der Waals surface area (Å²) in [5.41, 5.74) is 4.82. The molecular weight excluding hydrogens is 381 g/mol. The second-order valence-corrected chi connectivity index (χ2v) is 6.40. The summed E-state index contributed by atoms with van der Waals surface area (Å²) in [6.45, 7) is 3.57. The highest BCUT2D eigenvalue weighted by Crippen LogP contribution is 2.31. The normalized spacial score (nSPS) is 11.6. The number of urea groups is 1. The topological polar surface area (TPSA) is 58.4 Å². The van der Waals surface area contributed by atoms with E-state index in [-0.39, 0.29) is 0 Å². The molecule has 29 heavy (non-hydrogen) atoms. The van der Waals surface area contributed by atoms with Crippen LogP contribution in [0.2, 0.25) is 0 Å². The molecule has 0 fully saturated rings. The van der Waals surface area contributed by atoms with E-state index >= 15 is 0 Å². The Balaban J connectivity index is 1.76. The maximum Gasteiger partial charge on any atom is 0.416 e. The Morgan fingerprint density at radius 1 is 1.03 bits per heavy atom. The van der Waals surface area contributed by atoms with Gasteiger partial charge in [-0.3, -0.25) is 0 Å². The molecule has 8 heteroatoms. The zero-order valence-corrected chi connectivity index (χ0v) is 15.8. The van der Waals surface area contributed by atoms with Crippen LogP contribution in [-0.4, -0.2) is 16.8 Å². The average molecular weight is 400 g/mol. The predicted molar refractivity (Wildman–Crippen MR) is 106 cm³/mol. The fraction of sp³-hybridized carbons (Fsp3) is 0.143. The van der Waals surface area contributed by atoms with E-state index in [9.17, 15) is 18.0 Å². The minimum atomic E-state index is -4.41. The fourth-order valence-corrected chi connectivity index (χ4v) is 2.98. The van der Waals surface area contributed by atoms with Crippen molar-refractivity contribution in [1.82, 2.24) is 9.99 Å². The van der Waals surface area contributed by atoms with Gasteiger partial charge in [0.25, 0.3) is 0 Å². The van der Waals surface area contributed by atoms with Crippen molar-refractivity contribution in [3.05, 3.63) is 83.2 Å². The van der Waals surface area contributed by atoms with Crippen LogP contribution < -0.4 is 10.7 Å². The molecule has 1 aromatic heterocycles. The van der Waals surface area contributed by atoms with Gasteiger partial charge in [-0.1, -0.05) is 24.3 Å². The van der Waals surface area contributed by atoms with Crippen molar-refractivity contribution in [1.29, 1.82) is 0 Å². The van der Waals surface area contributed by atoms with Crippen molar-refractivity contribution in [2.75, 3.05) is 5.32 Å². The third kappa shape index (κ3) is 4.84. The van der Waals surface area contributed by atoms with Gasteiger partial charge in [0.1, 0.15) is 0 Å². The number of halogens is 3. The summed E-state index contributed by atoms with van der Waals surface area (Å²) in [5.74, 6) is 0. The molecule has 2 aromatic carbocycles. The lowest BCUT2D eigenvalue weighted by atomic mass is 10.2. The maximum absolute atomic E-state index is 13.0. The number of nitrogens with zero attached hydrogens (tertiary/aromatic N) is 2. The summed E-state index contributed by atoms with van der Waals surface area (Å²) in [7, 11) is 0. The minimum Gasteiger partial charge on any atom is -0.318 e. The molecule has 150 valence electrons. The molecule has 0 atom stereocenters. The zero-order valence-electron chi connectivity index (χ0n) is 15.8. The van der Waals surface area contributed by atoms with E-state index < -0.39 is 17.8 Å². The van der Waals surface area contributed by atoms with Gasteiger partial charge >= 0.3 is 12.2 Å². The van der Waals surface area contributed by atoms with Crippen molar-refractivity contribution >= 4 is 17.9 Å². The molecule has 0 aliphatic rings. The number of carbonyl (C=O) groups is 1. The van der Waals surface area contributed by atoms with Gasteiger partial charge in [-0.05, 0) is 50.2 Å². The van der Waals surface area contributed by atoms with Gasteiger partial charge in [0.05, 0.1) is 11.8 Å². The quantitative estimate of drug-likeness (QED) is 0.455. The summed E-state index contributed by atoms with van der Waals surface area (Å²) in [5, 5.41) is 6.55. The Bertz CT molecular complexity index is 1040. The number of alkyl halides is 3.